The molecule has 0 unspecified atom stereocenters. The Morgan fingerprint density at radius 1 is 1.00 bits per heavy atom. The van der Waals surface area contributed by atoms with Crippen LogP contribution in [0.1, 0.15) is 0 Å². The van der Waals surface area contributed by atoms with Crippen LogP contribution in [0.15, 0.2) is 0 Å². The molecule has 0 aliphatic heterocycles. The molecule has 0 aromatic rings. The third kappa shape index (κ3) is 5.66. The summed E-state index contributed by atoms with van der Waals surface area (Å²) in [6, 6.07) is 0. The molecule has 0 atom stereocenters. The second-order valence-corrected chi connectivity index (χ2v) is 3.79. The molecule has 0 N–H and O–H groups in total. The van der Waals surface area contributed by atoms with Crippen LogP contribution < -0.4 is 0 Å². The van der Waals surface area contributed by atoms with Crippen LogP contribution >= 0.6 is 17.4 Å². The maximum absolute atomic E-state index is 11.3. The normalized spacial score (nSPS) is 10.7. The molecule has 0 aromatic heterocycles. The van der Waals surface area contributed by atoms with E-state index in [4.69, 9.17) is 0 Å². The van der Waals surface area contributed by atoms with Gasteiger partial charge in [-0.1, -0.05) is 0 Å². The van der Waals surface area contributed by atoms with E-state index in [0.717, 1.165) is 7.05 Å². The van der Waals surface area contributed by atoms with Crippen molar-refractivity contribution >= 4 is 17.4 Å². The van der Waals surface area contributed by atoms with E-state index in [-0.39, 0.29) is 25.5 Å². The Kier molecular flexibility index (Phi) is 8.54. The monoisotopic (exact) mass is 353 g/mol. The van der Waals surface area contributed by atoms with Crippen molar-refractivity contribution in [2.75, 3.05) is 7.05 Å². The Morgan fingerprint density at radius 3 is 1.22 bits per heavy atom. The van der Waals surface area contributed by atoms with Crippen molar-refractivity contribution < 1.29 is 37.9 Å². The first-order chi connectivity index (χ1) is 3.55. The van der Waals surface area contributed by atoms with Gasteiger partial charge >= 0.3 is 17.4 Å². The zero-order valence-corrected chi connectivity index (χ0v) is 9.30. The van der Waals surface area contributed by atoms with E-state index in [1.165, 1.54) is 0 Å². The van der Waals surface area contributed by atoms with E-state index in [9.17, 15) is 16.8 Å². The third-order valence-electron chi connectivity index (χ3n) is 0.507. The Bertz CT molecular complexity index is 63.6. The van der Waals surface area contributed by atoms with Gasteiger partial charge in [0.1, 0.15) is 0 Å². The molecule has 0 fully saturated rings. The van der Waals surface area contributed by atoms with Crippen LogP contribution in [0.25, 0.3) is 0 Å². The summed E-state index contributed by atoms with van der Waals surface area (Å²) in [5, 5.41) is 0. The standard InChI is InChI=1S/CH3F4NP2.W/c1-6(7(2)3)8(4)5;/h1H3;/p+2. The first kappa shape index (κ1) is 12.9. The number of hydrogen-bond donors (Lipinski definition) is 0. The minimum atomic E-state index is -3.88. The summed E-state index contributed by atoms with van der Waals surface area (Å²) >= 11 is 0. The van der Waals surface area contributed by atoms with Crippen LogP contribution in [0.4, 0.5) is 16.8 Å². The topological polar surface area (TPSA) is 3.24 Å². The molecule has 0 heterocycles. The average Bonchev–Trinajstić information content (AvgIpc) is 1.64. The average molecular weight is 353 g/mol. The molecule has 0 spiro atoms. The van der Waals surface area contributed by atoms with Gasteiger partial charge in [-0.3, -0.25) is 0 Å². The van der Waals surface area contributed by atoms with Crippen molar-refractivity contribution in [3.8, 4) is 0 Å². The molecule has 56 valence electrons. The summed E-state index contributed by atoms with van der Waals surface area (Å²) in [6.07, 6.45) is 0. The smallest absolute Gasteiger partial charge is 0.000129 e. The molecule has 9 heavy (non-hydrogen) atoms. The van der Waals surface area contributed by atoms with Crippen LogP contribution in [0.3, 0.4) is 0 Å². The first-order valence-electron chi connectivity index (χ1n) is 1.65. The van der Waals surface area contributed by atoms with Gasteiger partial charge in [-0.25, -0.2) is 0 Å². The van der Waals surface area contributed by atoms with Gasteiger partial charge in [0.15, 0.2) is 0 Å². The predicted octanol–water partition coefficient (Wildman–Crippen LogP) is 2.71. The Morgan fingerprint density at radius 2 is 1.22 bits per heavy atom. The fourth-order valence-electron chi connectivity index (χ4n) is 0.0639. The molecule has 0 radical (unpaired) electrons. The summed E-state index contributed by atoms with van der Waals surface area (Å²) in [4.78, 5) is 0. The van der Waals surface area contributed by atoms with Crippen LogP contribution in [0.2, 0.25) is 0 Å². The Labute approximate surface area is 67.2 Å². The molecule has 1 nitrogen and oxygen atoms in total. The van der Waals surface area contributed by atoms with Crippen molar-refractivity contribution in [3.05, 3.63) is 0 Å². The summed E-state index contributed by atoms with van der Waals surface area (Å²) in [5.74, 6) is 0. The molecule has 0 aliphatic rings. The van der Waals surface area contributed by atoms with Crippen molar-refractivity contribution in [1.29, 1.82) is 0 Å². The molecule has 0 bridgehead atoms. The molecular weight excluding hydrogens is 348 g/mol. The minimum absolute atomic E-state index is 0. The van der Waals surface area contributed by atoms with Gasteiger partial charge in [0, 0.05) is 21.1 Å². The van der Waals surface area contributed by atoms with Gasteiger partial charge in [-0.15, -0.1) is 0 Å². The van der Waals surface area contributed by atoms with E-state index in [1.807, 2.05) is 0 Å². The number of hydrogen-bond acceptors (Lipinski definition) is 1. The maximum Gasteiger partial charge on any atom is 0.486 e. The van der Waals surface area contributed by atoms with Crippen molar-refractivity contribution in [3.63, 3.8) is 0 Å². The fraction of sp³-hybridized carbons (Fsp3) is 1.00. The van der Waals surface area contributed by atoms with Crippen LogP contribution in [-0.4, -0.2) is 11.5 Å². The van der Waals surface area contributed by atoms with Gasteiger partial charge in [-0.05, 0) is 16.8 Å². The van der Waals surface area contributed by atoms with Crippen LogP contribution in [0, 0.1) is 0 Å². The van der Waals surface area contributed by atoms with Gasteiger partial charge in [0.25, 0.3) is 0 Å². The second-order valence-electron chi connectivity index (χ2n) is 1.04. The SMILES string of the molecule is CN([PH+](F)F)[PH+](F)F.[W]. The van der Waals surface area contributed by atoms with E-state index in [2.05, 4.69) is 0 Å². The van der Waals surface area contributed by atoms with E-state index in [1.54, 1.807) is 0 Å². The second kappa shape index (κ2) is 5.97. The number of rotatable bonds is 2. The molecule has 0 aromatic carbocycles. The molecule has 0 aliphatic carbocycles. The Hall–Kier alpha value is 1.23. The molecule has 0 saturated heterocycles. The Balaban J connectivity index is 0. The first-order valence-corrected chi connectivity index (χ1v) is 4.06. The van der Waals surface area contributed by atoms with E-state index >= 15 is 0 Å². The summed E-state index contributed by atoms with van der Waals surface area (Å²) in [5.41, 5.74) is 0. The zero-order chi connectivity index (χ0) is 6.73. The zero-order valence-electron chi connectivity index (χ0n) is 4.37. The van der Waals surface area contributed by atoms with Gasteiger partial charge in [0.2, 0.25) is 0 Å². The molecule has 8 heteroatoms. The predicted molar refractivity (Wildman–Crippen MR) is 28.8 cm³/mol. The van der Waals surface area contributed by atoms with Crippen LogP contribution in [0.5, 0.6) is 0 Å². The fourth-order valence-corrected chi connectivity index (χ4v) is 0.575. The van der Waals surface area contributed by atoms with E-state index in [0.29, 0.717) is 0 Å². The van der Waals surface area contributed by atoms with Gasteiger partial charge in [-0.2, -0.15) is 0 Å². The van der Waals surface area contributed by atoms with Gasteiger partial charge in [0.05, 0.1) is 11.5 Å². The van der Waals surface area contributed by atoms with Crippen LogP contribution in [-0.2, 0) is 21.1 Å². The van der Waals surface area contributed by atoms with E-state index < -0.39 is 17.4 Å². The summed E-state index contributed by atoms with van der Waals surface area (Å²) in [6.45, 7) is 0. The minimum Gasteiger partial charge on any atom is -0.000129 e. The number of halogens is 4. The largest absolute Gasteiger partial charge is 0.486 e. The quantitative estimate of drug-likeness (QED) is 0.545. The third-order valence-corrected chi connectivity index (χ3v) is 2.54. The van der Waals surface area contributed by atoms with Crippen molar-refractivity contribution in [1.82, 2.24) is 4.44 Å². The van der Waals surface area contributed by atoms with Gasteiger partial charge < -0.3 is 0 Å². The molecule has 0 amide bonds. The summed E-state index contributed by atoms with van der Waals surface area (Å²) < 4.78 is 44.9. The van der Waals surface area contributed by atoms with Crippen molar-refractivity contribution in [2.24, 2.45) is 0 Å². The molecular formula is CH5F4NP2W+2. The molecule has 0 rings (SSSR count). The number of nitrogens with zero attached hydrogens (tertiary/aromatic N) is 1. The maximum atomic E-state index is 11.3. The van der Waals surface area contributed by atoms with Crippen molar-refractivity contribution in [2.45, 2.75) is 0 Å². The summed E-state index contributed by atoms with van der Waals surface area (Å²) in [7, 11) is -7.03. The molecule has 0 saturated carbocycles.